The molecule has 263 valence electrons. The predicted octanol–water partition coefficient (Wildman–Crippen LogP) is -9.73. The molecular formula is C25H30B37N2O2. The van der Waals surface area contributed by atoms with Gasteiger partial charge in [0.15, 0.2) is 0 Å². The highest BCUT2D eigenvalue weighted by Crippen LogP contribution is 2.44. The first-order chi connectivity index (χ1) is 30.9. The van der Waals surface area contributed by atoms with Crippen molar-refractivity contribution in [2.75, 3.05) is 26.2 Å². The van der Waals surface area contributed by atoms with Gasteiger partial charge in [-0.2, -0.15) is 0 Å². The van der Waals surface area contributed by atoms with Crippen LogP contribution in [-0.4, -0.2) is 305 Å². The number of ether oxygens (including phenoxy) is 1. The van der Waals surface area contributed by atoms with Gasteiger partial charge in [-0.3, -0.25) is 4.79 Å². The van der Waals surface area contributed by atoms with Crippen LogP contribution in [0.15, 0.2) is 54.6 Å². The Bertz CT molecular complexity index is 1750. The topological polar surface area (TPSA) is 41.6 Å². The molecule has 2 aliphatic heterocycles. The molecule has 2 aliphatic rings. The molecule has 2 aromatic rings. The van der Waals surface area contributed by atoms with Crippen LogP contribution in [0.3, 0.4) is 0 Å². The van der Waals surface area contributed by atoms with Gasteiger partial charge < -0.3 is 15.0 Å². The third kappa shape index (κ3) is 14.7. The number of hydrogen-bond donors (Lipinski definition) is 1. The summed E-state index contributed by atoms with van der Waals surface area (Å²) >= 11 is 0. The first-order valence-electron chi connectivity index (χ1n) is 22.7. The van der Waals surface area contributed by atoms with E-state index < -0.39 is 109 Å². The van der Waals surface area contributed by atoms with Gasteiger partial charge in [0.05, 0.1) is 0 Å². The average molecular weight is 791 g/mol. The smallest absolute Gasteiger partial charge is 0.253 e. The molecular weight excluding hydrogens is 760 g/mol. The monoisotopic (exact) mass is 798 g/mol. The summed E-state index contributed by atoms with van der Waals surface area (Å²) in [6.45, 7) is 9.62. The Morgan fingerprint density at radius 2 is 1.06 bits per heavy atom. The molecule has 1 saturated heterocycles. The fourth-order valence-corrected chi connectivity index (χ4v) is 10.3. The first kappa shape index (κ1) is 60.1. The lowest BCUT2D eigenvalue weighted by atomic mass is 8.28. The molecule has 4 rings (SSSR count). The minimum absolute atomic E-state index is 0.0892. The Labute approximate surface area is 432 Å². The summed E-state index contributed by atoms with van der Waals surface area (Å²) in [7, 11) is 119. The quantitative estimate of drug-likeness (QED) is 0.128. The molecule has 41 heteroatoms. The summed E-state index contributed by atoms with van der Waals surface area (Å²) in [4.78, 5) is 14.5. The number of nitrogens with one attached hydrogen (secondary N) is 1. The number of carbonyl (C=O) groups is 1. The van der Waals surface area contributed by atoms with Gasteiger partial charge in [0.25, 0.3) is 5.91 Å². The van der Waals surface area contributed by atoms with Crippen molar-refractivity contribution in [3.8, 4) is 5.75 Å². The highest BCUT2D eigenvalue weighted by Gasteiger charge is 2.55. The molecule has 2 heterocycles. The molecule has 1 amide bonds. The number of benzene rings is 2. The van der Waals surface area contributed by atoms with Gasteiger partial charge >= 0.3 is 0 Å². The van der Waals surface area contributed by atoms with E-state index in [9.17, 15) is 4.79 Å². The van der Waals surface area contributed by atoms with Crippen molar-refractivity contribution in [2.45, 2.75) is 32.8 Å². The van der Waals surface area contributed by atoms with E-state index >= 15 is 0 Å². The minimum atomic E-state index is -1.17. The second kappa shape index (κ2) is 27.6. The normalized spacial score (nSPS) is 15.5. The Morgan fingerprint density at radius 1 is 0.636 bits per heavy atom. The van der Waals surface area contributed by atoms with Crippen molar-refractivity contribution in [3.05, 3.63) is 71.3 Å². The van der Waals surface area contributed by atoms with Gasteiger partial charge in [-0.05, 0) is 55.8 Å². The molecule has 0 aromatic heterocycles. The maximum Gasteiger partial charge on any atom is 0.253 e. The van der Waals surface area contributed by atoms with Crippen LogP contribution < -0.4 is 10.1 Å². The molecule has 2 aromatic carbocycles. The molecule has 2 unspecified atom stereocenters. The van der Waals surface area contributed by atoms with Crippen molar-refractivity contribution in [2.24, 2.45) is 5.92 Å². The molecule has 2 atom stereocenters. The van der Waals surface area contributed by atoms with Crippen LogP contribution >= 0.6 is 0 Å². The van der Waals surface area contributed by atoms with E-state index in [1.165, 1.54) is 12.6 Å². The Hall–Kier alpha value is -0.187. The second-order valence-electron chi connectivity index (χ2n) is 18.0. The second-order valence-corrected chi connectivity index (χ2v) is 18.0. The van der Waals surface area contributed by atoms with Crippen LogP contribution in [0.4, 0.5) is 0 Å². The van der Waals surface area contributed by atoms with Gasteiger partial charge in [-0.15, -0.1) is 0 Å². The van der Waals surface area contributed by atoms with Gasteiger partial charge in [0.2, 0.25) is 0 Å². The van der Waals surface area contributed by atoms with Crippen LogP contribution in [0, 0.1) is 5.92 Å². The minimum Gasteiger partial charge on any atom is -0.482 e. The molecule has 1 fully saturated rings. The SMILES string of the molecule is CCN(CC)C(=O)c1ccc(C2=CC3(CCNCC3C)Oc3ccccc32)cc1.[B][B]B(B([B])[B])B(B(B([B])[B])B([B])[B])B(B(B([B])[B])B([B])[B])B(B(B([B])[B])B([B])[B])B(B([B])[B])B([B])[B]. The van der Waals surface area contributed by atoms with E-state index in [4.69, 9.17) is 152 Å². The zero-order chi connectivity index (χ0) is 50.0. The van der Waals surface area contributed by atoms with E-state index in [1.54, 1.807) is 0 Å². The lowest BCUT2D eigenvalue weighted by molar-refractivity contribution is 0.0340. The third-order valence-electron chi connectivity index (χ3n) is 13.7. The van der Waals surface area contributed by atoms with Crippen molar-refractivity contribution in [1.29, 1.82) is 0 Å². The molecule has 0 saturated carbocycles. The Balaban J connectivity index is 0.000000358. The number of rotatable bonds is 21. The van der Waals surface area contributed by atoms with Crippen molar-refractivity contribution in [1.82, 2.24) is 10.2 Å². The molecule has 0 aliphatic carbocycles. The van der Waals surface area contributed by atoms with Gasteiger partial charge in [-0.1, -0.05) is 37.3 Å². The van der Waals surface area contributed by atoms with Gasteiger partial charge in [-0.25, -0.2) is 0 Å². The Kier molecular flexibility index (Phi) is 25.1. The number of carbonyl (C=O) groups excluding carboxylic acids is 1. The van der Waals surface area contributed by atoms with Gasteiger partial charge in [0, 0.05) is 306 Å². The van der Waals surface area contributed by atoms with Crippen molar-refractivity contribution >= 4 is 274 Å². The maximum atomic E-state index is 12.7. The summed E-state index contributed by atoms with van der Waals surface area (Å²) in [6.07, 6.45) is -14.7. The summed E-state index contributed by atoms with van der Waals surface area (Å²) in [5.74, 6) is 1.41. The lowest BCUT2D eigenvalue weighted by Crippen LogP contribution is -2.91. The van der Waals surface area contributed by atoms with Crippen LogP contribution in [0.25, 0.3) is 5.57 Å². The fraction of sp³-hybridized carbons (Fsp3) is 0.400. The summed E-state index contributed by atoms with van der Waals surface area (Å²) in [5.41, 5.74) is 3.89. The zero-order valence-corrected chi connectivity index (χ0v) is 38.9. The predicted molar refractivity (Wildman–Crippen MR) is 330 cm³/mol. The number of para-hydroxylation sites is 1. The highest BCUT2D eigenvalue weighted by molar-refractivity contribution is 8.31. The average Bonchev–Trinajstić information content (AvgIpc) is 3.22. The van der Waals surface area contributed by atoms with Crippen molar-refractivity contribution in [3.63, 3.8) is 0 Å². The summed E-state index contributed by atoms with van der Waals surface area (Å²) in [5, 5.41) is 3.47. The lowest BCUT2D eigenvalue weighted by Gasteiger charge is -2.53. The fourth-order valence-electron chi connectivity index (χ4n) is 10.3. The van der Waals surface area contributed by atoms with Crippen LogP contribution in [0.2, 0.25) is 0 Å². The molecule has 66 heavy (non-hydrogen) atoms. The molecule has 39 radical (unpaired) electrons. The number of hydrogen-bond acceptors (Lipinski definition) is 3. The van der Waals surface area contributed by atoms with Crippen LogP contribution in [-0.2, 0) is 0 Å². The van der Waals surface area contributed by atoms with E-state index in [1.807, 2.05) is 36.9 Å². The van der Waals surface area contributed by atoms with E-state index in [-0.39, 0.29) is 11.5 Å². The van der Waals surface area contributed by atoms with E-state index in [0.717, 1.165) is 55.0 Å². The summed E-state index contributed by atoms with van der Waals surface area (Å²) < 4.78 is 6.57. The van der Waals surface area contributed by atoms with Gasteiger partial charge in [0.1, 0.15) is 11.4 Å². The highest BCUT2D eigenvalue weighted by atomic mass is 16.5. The number of amides is 1. The van der Waals surface area contributed by atoms with E-state index in [0.29, 0.717) is 5.92 Å². The molecule has 1 spiro atoms. The Morgan fingerprint density at radius 3 is 1.45 bits per heavy atom. The van der Waals surface area contributed by atoms with Crippen molar-refractivity contribution < 1.29 is 9.53 Å². The standard InChI is InChI=1S/C25H30N2O2.B37/c1-4-27(5-2)24(28)20-12-10-19(11-13-20)22-16-25(14-15-26-17-18(25)3)29-23-9-7-6-8-21(22)23;1-20-30(21(2)3)35(31(22(4)5)23(6)7)37(34(28(16)17)29(18)19)36(32(24(8)9)25(10)11)33(26(12)13)27(14)15/h6-13,16,18,26H,4-5,14-15,17H2,1-3H3;. The van der Waals surface area contributed by atoms with Crippen LogP contribution in [0.1, 0.15) is 48.7 Å². The number of piperidine rings is 1. The molecule has 1 N–H and O–H groups in total. The first-order valence-corrected chi connectivity index (χ1v) is 22.7. The maximum absolute atomic E-state index is 12.7. The van der Waals surface area contributed by atoms with E-state index in [2.05, 4.69) is 48.6 Å². The number of fused-ring (bicyclic) bond motifs is 1. The summed E-state index contributed by atoms with van der Waals surface area (Å²) in [6, 6.07) is 16.3. The zero-order valence-electron chi connectivity index (χ0n) is 38.9. The largest absolute Gasteiger partial charge is 0.482 e. The van der Waals surface area contributed by atoms with Crippen LogP contribution in [0.5, 0.6) is 5.75 Å². The molecule has 4 nitrogen and oxygen atoms in total. The third-order valence-corrected chi connectivity index (χ3v) is 13.7. The molecule has 0 bridgehead atoms. The number of nitrogens with zero attached hydrogens (tertiary/aromatic N) is 1.